The lowest BCUT2D eigenvalue weighted by molar-refractivity contribution is 0.611. The monoisotopic (exact) mass is 280 g/mol. The Morgan fingerprint density at radius 3 is 2.95 bits per heavy atom. The van der Waals surface area contributed by atoms with E-state index in [1.165, 1.54) is 34.4 Å². The van der Waals surface area contributed by atoms with Crippen LogP contribution in [0.1, 0.15) is 17.5 Å². The fourth-order valence-corrected chi connectivity index (χ4v) is 3.72. The van der Waals surface area contributed by atoms with Crippen molar-refractivity contribution in [2.75, 3.05) is 5.32 Å². The normalized spacial score (nSPS) is 17.9. The van der Waals surface area contributed by atoms with Crippen LogP contribution in [0.4, 0.5) is 5.69 Å². The number of nitrogens with zero attached hydrogens (tertiary/aromatic N) is 1. The van der Waals surface area contributed by atoms with Gasteiger partial charge in [0.15, 0.2) is 0 Å². The number of thiazole rings is 1. The summed E-state index contributed by atoms with van der Waals surface area (Å²) >= 11 is 1.70. The second-order valence-corrected chi connectivity index (χ2v) is 6.27. The number of nitrogens with one attached hydrogen (secondary N) is 1. The number of rotatable bonds is 2. The molecule has 0 aliphatic heterocycles. The lowest BCUT2D eigenvalue weighted by atomic mass is 9.88. The Morgan fingerprint density at radius 2 is 2.00 bits per heavy atom. The largest absolute Gasteiger partial charge is 0.382 e. The van der Waals surface area contributed by atoms with Crippen LogP contribution in [0.2, 0.25) is 0 Å². The fourth-order valence-electron chi connectivity index (χ4n) is 3.00. The molecule has 4 rings (SSSR count). The lowest BCUT2D eigenvalue weighted by Gasteiger charge is -2.26. The van der Waals surface area contributed by atoms with Crippen LogP contribution in [-0.2, 0) is 12.8 Å². The van der Waals surface area contributed by atoms with E-state index in [9.17, 15) is 0 Å². The van der Waals surface area contributed by atoms with Gasteiger partial charge in [0.2, 0.25) is 0 Å². The summed E-state index contributed by atoms with van der Waals surface area (Å²) in [7, 11) is 0. The number of anilines is 1. The van der Waals surface area contributed by atoms with Gasteiger partial charge >= 0.3 is 0 Å². The number of aryl methyl sites for hydroxylation is 1. The summed E-state index contributed by atoms with van der Waals surface area (Å²) in [5.41, 5.74) is 7.23. The standard InChI is InChI=1S/C17H16N2S/c1-2-4-13-9-14(6-5-12(13)3-1)19-15-7-8-16-17(10-15)20-11-18-16/h1-4,7-8,10-11,14,19H,5-6,9H2. The van der Waals surface area contributed by atoms with Gasteiger partial charge in [0, 0.05) is 11.7 Å². The summed E-state index contributed by atoms with van der Waals surface area (Å²) in [5, 5.41) is 3.68. The van der Waals surface area contributed by atoms with Crippen LogP contribution < -0.4 is 5.32 Å². The molecule has 0 bridgehead atoms. The van der Waals surface area contributed by atoms with E-state index in [0.29, 0.717) is 6.04 Å². The van der Waals surface area contributed by atoms with Gasteiger partial charge < -0.3 is 5.32 Å². The Balaban J connectivity index is 1.55. The molecule has 3 heteroatoms. The first kappa shape index (κ1) is 11.9. The van der Waals surface area contributed by atoms with Gasteiger partial charge in [0.25, 0.3) is 0 Å². The van der Waals surface area contributed by atoms with E-state index in [-0.39, 0.29) is 0 Å². The molecule has 1 aromatic heterocycles. The van der Waals surface area contributed by atoms with Crippen LogP contribution in [0.25, 0.3) is 10.2 Å². The summed E-state index contributed by atoms with van der Waals surface area (Å²) in [5.74, 6) is 0. The summed E-state index contributed by atoms with van der Waals surface area (Å²) in [6.07, 6.45) is 3.51. The van der Waals surface area contributed by atoms with E-state index in [1.54, 1.807) is 11.3 Å². The predicted molar refractivity (Wildman–Crippen MR) is 85.5 cm³/mol. The smallest absolute Gasteiger partial charge is 0.0813 e. The van der Waals surface area contributed by atoms with Crippen LogP contribution in [0.5, 0.6) is 0 Å². The van der Waals surface area contributed by atoms with Gasteiger partial charge in [-0.3, -0.25) is 0 Å². The zero-order valence-corrected chi connectivity index (χ0v) is 12.0. The van der Waals surface area contributed by atoms with E-state index in [2.05, 4.69) is 52.8 Å². The molecule has 1 unspecified atom stereocenters. The van der Waals surface area contributed by atoms with Crippen molar-refractivity contribution in [1.82, 2.24) is 4.98 Å². The number of hydrogen-bond donors (Lipinski definition) is 1. The summed E-state index contributed by atoms with van der Waals surface area (Å²) in [6.45, 7) is 0. The van der Waals surface area contributed by atoms with Gasteiger partial charge in [-0.25, -0.2) is 4.98 Å². The molecule has 0 spiro atoms. The van der Waals surface area contributed by atoms with Gasteiger partial charge in [-0.05, 0) is 48.6 Å². The highest BCUT2D eigenvalue weighted by molar-refractivity contribution is 7.16. The molecule has 1 N–H and O–H groups in total. The van der Waals surface area contributed by atoms with Gasteiger partial charge in [0.05, 0.1) is 15.7 Å². The lowest BCUT2D eigenvalue weighted by Crippen LogP contribution is -2.27. The van der Waals surface area contributed by atoms with Gasteiger partial charge in [0.1, 0.15) is 0 Å². The molecule has 2 aromatic carbocycles. The molecule has 0 amide bonds. The molecular formula is C17H16N2S. The molecule has 3 aromatic rings. The zero-order chi connectivity index (χ0) is 13.4. The van der Waals surface area contributed by atoms with E-state index in [0.717, 1.165) is 11.9 Å². The third-order valence-corrected chi connectivity index (χ3v) is 4.84. The Bertz CT molecular complexity index is 747. The van der Waals surface area contributed by atoms with Crippen LogP contribution in [0.3, 0.4) is 0 Å². The number of hydrogen-bond acceptors (Lipinski definition) is 3. The van der Waals surface area contributed by atoms with Crippen molar-refractivity contribution in [3.63, 3.8) is 0 Å². The minimum Gasteiger partial charge on any atom is -0.382 e. The highest BCUT2D eigenvalue weighted by Crippen LogP contribution is 2.26. The van der Waals surface area contributed by atoms with E-state index in [1.807, 2.05) is 5.51 Å². The first-order valence-corrected chi connectivity index (χ1v) is 7.93. The highest BCUT2D eigenvalue weighted by atomic mass is 32.1. The first-order valence-electron chi connectivity index (χ1n) is 7.05. The van der Waals surface area contributed by atoms with Crippen LogP contribution >= 0.6 is 11.3 Å². The maximum atomic E-state index is 4.33. The maximum Gasteiger partial charge on any atom is 0.0813 e. The van der Waals surface area contributed by atoms with Crippen molar-refractivity contribution in [3.8, 4) is 0 Å². The SMILES string of the molecule is c1ccc2c(c1)CCC(Nc1ccc3ncsc3c1)C2. The fraction of sp³-hybridized carbons (Fsp3) is 0.235. The highest BCUT2D eigenvalue weighted by Gasteiger charge is 2.17. The maximum absolute atomic E-state index is 4.33. The summed E-state index contributed by atoms with van der Waals surface area (Å²) in [6, 6.07) is 15.8. The van der Waals surface area contributed by atoms with Crippen LogP contribution in [0, 0.1) is 0 Å². The van der Waals surface area contributed by atoms with E-state index >= 15 is 0 Å². The minimum atomic E-state index is 0.537. The molecule has 20 heavy (non-hydrogen) atoms. The quantitative estimate of drug-likeness (QED) is 0.758. The molecule has 0 fully saturated rings. The van der Waals surface area contributed by atoms with Crippen molar-refractivity contribution >= 4 is 27.2 Å². The molecule has 2 nitrogen and oxygen atoms in total. The van der Waals surface area contributed by atoms with Crippen molar-refractivity contribution in [3.05, 3.63) is 59.1 Å². The molecule has 1 heterocycles. The van der Waals surface area contributed by atoms with Gasteiger partial charge in [-0.15, -0.1) is 11.3 Å². The molecule has 0 saturated carbocycles. The van der Waals surface area contributed by atoms with Crippen LogP contribution in [0.15, 0.2) is 48.0 Å². The predicted octanol–water partition coefficient (Wildman–Crippen LogP) is 4.27. The summed E-state index contributed by atoms with van der Waals surface area (Å²) in [4.78, 5) is 4.33. The Kier molecular flexibility index (Phi) is 2.92. The Labute approximate surface area is 122 Å². The minimum absolute atomic E-state index is 0.537. The average Bonchev–Trinajstić information content (AvgIpc) is 2.95. The third kappa shape index (κ3) is 2.18. The molecule has 1 atom stereocenters. The third-order valence-electron chi connectivity index (χ3n) is 4.05. The van der Waals surface area contributed by atoms with Crippen molar-refractivity contribution in [1.29, 1.82) is 0 Å². The zero-order valence-electron chi connectivity index (χ0n) is 11.2. The van der Waals surface area contributed by atoms with Crippen LogP contribution in [-0.4, -0.2) is 11.0 Å². The van der Waals surface area contributed by atoms with Crippen molar-refractivity contribution in [2.45, 2.75) is 25.3 Å². The molecule has 1 aliphatic rings. The number of aromatic nitrogens is 1. The van der Waals surface area contributed by atoms with Gasteiger partial charge in [-0.1, -0.05) is 24.3 Å². The Morgan fingerprint density at radius 1 is 1.10 bits per heavy atom. The molecular weight excluding hydrogens is 264 g/mol. The van der Waals surface area contributed by atoms with E-state index < -0.39 is 0 Å². The topological polar surface area (TPSA) is 24.9 Å². The average molecular weight is 280 g/mol. The second-order valence-electron chi connectivity index (χ2n) is 5.39. The van der Waals surface area contributed by atoms with Crippen molar-refractivity contribution < 1.29 is 0 Å². The number of benzene rings is 2. The first-order chi connectivity index (χ1) is 9.88. The summed E-state index contributed by atoms with van der Waals surface area (Å²) < 4.78 is 1.26. The molecule has 0 radical (unpaired) electrons. The number of fused-ring (bicyclic) bond motifs is 2. The molecule has 100 valence electrons. The molecule has 0 saturated heterocycles. The second kappa shape index (κ2) is 4.91. The Hall–Kier alpha value is -1.87. The van der Waals surface area contributed by atoms with Gasteiger partial charge in [-0.2, -0.15) is 0 Å². The molecule has 1 aliphatic carbocycles. The van der Waals surface area contributed by atoms with Crippen molar-refractivity contribution in [2.24, 2.45) is 0 Å². The van der Waals surface area contributed by atoms with E-state index in [4.69, 9.17) is 0 Å².